The molecule has 29 heavy (non-hydrogen) atoms. The molecular formula is C20H29F3IN5. The minimum absolute atomic E-state index is 0. The van der Waals surface area contributed by atoms with Crippen LogP contribution in [0, 0.1) is 13.8 Å². The Morgan fingerprint density at radius 2 is 1.76 bits per heavy atom. The molecule has 2 aromatic rings. The van der Waals surface area contributed by atoms with E-state index in [-0.39, 0.29) is 24.0 Å². The fourth-order valence-corrected chi connectivity index (χ4v) is 2.99. The maximum absolute atomic E-state index is 13.0. The van der Waals surface area contributed by atoms with Crippen LogP contribution in [0.1, 0.15) is 41.9 Å². The van der Waals surface area contributed by atoms with Crippen molar-refractivity contribution in [3.63, 3.8) is 0 Å². The van der Waals surface area contributed by atoms with Crippen LogP contribution >= 0.6 is 24.0 Å². The smallest absolute Gasteiger partial charge is 0.356 e. The highest BCUT2D eigenvalue weighted by atomic mass is 127. The van der Waals surface area contributed by atoms with E-state index in [9.17, 15) is 13.2 Å². The van der Waals surface area contributed by atoms with E-state index in [1.807, 2.05) is 39.4 Å². The minimum atomic E-state index is -4.35. The summed E-state index contributed by atoms with van der Waals surface area (Å²) in [6, 6.07) is 5.46. The average molecular weight is 523 g/mol. The van der Waals surface area contributed by atoms with Gasteiger partial charge in [0, 0.05) is 43.9 Å². The second kappa shape index (κ2) is 9.82. The van der Waals surface area contributed by atoms with Crippen LogP contribution in [0.4, 0.5) is 13.2 Å². The number of halogens is 4. The Labute approximate surface area is 187 Å². The highest BCUT2D eigenvalue weighted by Crippen LogP contribution is 2.32. The topological polar surface area (TPSA) is 54.2 Å². The first-order valence-corrected chi connectivity index (χ1v) is 9.07. The van der Waals surface area contributed by atoms with Crippen molar-refractivity contribution in [2.45, 2.75) is 45.8 Å². The maximum atomic E-state index is 13.0. The van der Waals surface area contributed by atoms with Crippen LogP contribution in [0.5, 0.6) is 0 Å². The van der Waals surface area contributed by atoms with E-state index >= 15 is 0 Å². The molecule has 0 amide bonds. The van der Waals surface area contributed by atoms with Crippen molar-refractivity contribution < 1.29 is 13.2 Å². The van der Waals surface area contributed by atoms with Crippen molar-refractivity contribution in [2.75, 3.05) is 13.6 Å². The van der Waals surface area contributed by atoms with Gasteiger partial charge in [-0.25, -0.2) is 0 Å². The number of benzene rings is 1. The molecule has 0 aliphatic rings. The fraction of sp³-hybridized carbons (Fsp3) is 0.500. The van der Waals surface area contributed by atoms with E-state index in [4.69, 9.17) is 0 Å². The number of nitrogens with zero attached hydrogens (tertiary/aromatic N) is 3. The Hall–Kier alpha value is -1.78. The Bertz CT molecular complexity index is 856. The molecule has 0 bridgehead atoms. The van der Waals surface area contributed by atoms with Crippen LogP contribution in [0.2, 0.25) is 0 Å². The monoisotopic (exact) mass is 523 g/mol. The zero-order valence-electron chi connectivity index (χ0n) is 17.6. The van der Waals surface area contributed by atoms with Crippen molar-refractivity contribution in [3.05, 3.63) is 52.3 Å². The van der Waals surface area contributed by atoms with Crippen molar-refractivity contribution in [3.8, 4) is 0 Å². The highest BCUT2D eigenvalue weighted by Gasteiger charge is 2.32. The summed E-state index contributed by atoms with van der Waals surface area (Å²) in [5.74, 6) is 0.586. The number of nitrogens with one attached hydrogen (secondary N) is 2. The minimum Gasteiger partial charge on any atom is -0.356 e. The number of aliphatic imine (C=N–C) groups is 1. The lowest BCUT2D eigenvalue weighted by Gasteiger charge is -2.27. The van der Waals surface area contributed by atoms with Crippen LogP contribution in [-0.2, 0) is 25.2 Å². The first-order chi connectivity index (χ1) is 13.0. The zero-order valence-corrected chi connectivity index (χ0v) is 19.9. The molecule has 1 aromatic carbocycles. The van der Waals surface area contributed by atoms with E-state index in [0.29, 0.717) is 24.6 Å². The van der Waals surface area contributed by atoms with E-state index in [0.717, 1.165) is 23.0 Å². The molecule has 0 aliphatic heterocycles. The van der Waals surface area contributed by atoms with Gasteiger partial charge in [0.05, 0.1) is 11.3 Å². The lowest BCUT2D eigenvalue weighted by molar-refractivity contribution is -0.137. The molecule has 0 aliphatic carbocycles. The fourth-order valence-electron chi connectivity index (χ4n) is 2.99. The molecule has 1 heterocycles. The predicted molar refractivity (Wildman–Crippen MR) is 121 cm³/mol. The van der Waals surface area contributed by atoms with Gasteiger partial charge in [0.1, 0.15) is 0 Å². The van der Waals surface area contributed by atoms with Crippen molar-refractivity contribution >= 4 is 29.9 Å². The van der Waals surface area contributed by atoms with Crippen molar-refractivity contribution in [1.29, 1.82) is 0 Å². The number of hydrogen-bond donors (Lipinski definition) is 2. The van der Waals surface area contributed by atoms with E-state index in [2.05, 4.69) is 20.7 Å². The number of alkyl halides is 3. The van der Waals surface area contributed by atoms with Crippen LogP contribution in [-0.4, -0.2) is 29.3 Å². The molecule has 2 rings (SSSR count). The SMILES string of the molecule is CN=C(NCc1c(C)nn(C)c1C)NCC(C)(C)c1cccc(C(F)(F)F)c1.I. The summed E-state index contributed by atoms with van der Waals surface area (Å²) in [5.41, 5.74) is 2.59. The van der Waals surface area contributed by atoms with Gasteiger partial charge >= 0.3 is 6.18 Å². The molecule has 5 nitrogen and oxygen atoms in total. The summed E-state index contributed by atoms with van der Waals surface area (Å²) in [4.78, 5) is 4.21. The first-order valence-electron chi connectivity index (χ1n) is 9.07. The van der Waals surface area contributed by atoms with E-state index in [1.54, 1.807) is 13.1 Å². The van der Waals surface area contributed by atoms with E-state index < -0.39 is 17.2 Å². The molecule has 0 saturated heterocycles. The molecule has 0 radical (unpaired) electrons. The summed E-state index contributed by atoms with van der Waals surface area (Å²) < 4.78 is 40.8. The molecule has 162 valence electrons. The standard InChI is InChI=1S/C20H28F3N5.HI/c1-13-17(14(2)28(6)27-13)11-25-18(24-5)26-12-19(3,4)15-8-7-9-16(10-15)20(21,22)23;/h7-10H,11-12H2,1-6H3,(H2,24,25,26);1H. The summed E-state index contributed by atoms with van der Waals surface area (Å²) >= 11 is 0. The molecule has 9 heteroatoms. The molecule has 0 fully saturated rings. The second-order valence-electron chi connectivity index (χ2n) is 7.51. The largest absolute Gasteiger partial charge is 0.416 e. The summed E-state index contributed by atoms with van der Waals surface area (Å²) in [7, 11) is 3.56. The van der Waals surface area contributed by atoms with Gasteiger partial charge in [-0.3, -0.25) is 9.67 Å². The average Bonchev–Trinajstić information content (AvgIpc) is 2.87. The number of guanidine groups is 1. The summed E-state index contributed by atoms with van der Waals surface area (Å²) in [6.07, 6.45) is -4.35. The van der Waals surface area contributed by atoms with Gasteiger partial charge in [0.2, 0.25) is 0 Å². The predicted octanol–water partition coefficient (Wildman–Crippen LogP) is 4.32. The normalized spacial score (nSPS) is 12.5. The molecule has 0 unspecified atom stereocenters. The van der Waals surface area contributed by atoms with Crippen LogP contribution in [0.25, 0.3) is 0 Å². The van der Waals surface area contributed by atoms with Gasteiger partial charge in [0.25, 0.3) is 0 Å². The Kier molecular flexibility index (Phi) is 8.55. The van der Waals surface area contributed by atoms with Gasteiger partial charge in [-0.2, -0.15) is 18.3 Å². The first kappa shape index (κ1) is 25.3. The van der Waals surface area contributed by atoms with Gasteiger partial charge in [-0.15, -0.1) is 24.0 Å². The van der Waals surface area contributed by atoms with Crippen LogP contribution < -0.4 is 10.6 Å². The maximum Gasteiger partial charge on any atom is 0.416 e. The second-order valence-corrected chi connectivity index (χ2v) is 7.51. The molecule has 0 spiro atoms. The van der Waals surface area contributed by atoms with Crippen molar-refractivity contribution in [2.24, 2.45) is 12.0 Å². The van der Waals surface area contributed by atoms with Crippen LogP contribution in [0.15, 0.2) is 29.3 Å². The third kappa shape index (κ3) is 6.35. The number of hydrogen-bond acceptors (Lipinski definition) is 2. The number of rotatable bonds is 5. The quantitative estimate of drug-likeness (QED) is 0.349. The molecule has 0 saturated carbocycles. The molecule has 1 aromatic heterocycles. The van der Waals surface area contributed by atoms with Gasteiger partial charge in [0.15, 0.2) is 5.96 Å². The summed E-state index contributed by atoms with van der Waals surface area (Å²) in [5, 5.41) is 10.9. The lowest BCUT2D eigenvalue weighted by Crippen LogP contribution is -2.43. The van der Waals surface area contributed by atoms with Gasteiger partial charge in [-0.05, 0) is 25.5 Å². The zero-order chi connectivity index (χ0) is 21.1. The molecule has 0 atom stereocenters. The van der Waals surface area contributed by atoms with Gasteiger partial charge < -0.3 is 10.6 Å². The Balaban J connectivity index is 0.00000420. The summed E-state index contributed by atoms with van der Waals surface area (Å²) in [6.45, 7) is 8.76. The Morgan fingerprint density at radius 1 is 1.14 bits per heavy atom. The molecular weight excluding hydrogens is 494 g/mol. The van der Waals surface area contributed by atoms with Crippen LogP contribution in [0.3, 0.4) is 0 Å². The number of aromatic nitrogens is 2. The van der Waals surface area contributed by atoms with Crippen molar-refractivity contribution in [1.82, 2.24) is 20.4 Å². The van der Waals surface area contributed by atoms with E-state index in [1.165, 1.54) is 12.1 Å². The number of aryl methyl sites for hydroxylation is 2. The highest BCUT2D eigenvalue weighted by molar-refractivity contribution is 14.0. The van der Waals surface area contributed by atoms with Gasteiger partial charge in [-0.1, -0.05) is 32.0 Å². The Morgan fingerprint density at radius 3 is 2.28 bits per heavy atom. The third-order valence-electron chi connectivity index (χ3n) is 4.98. The third-order valence-corrected chi connectivity index (χ3v) is 4.98. The lowest BCUT2D eigenvalue weighted by atomic mass is 9.84. The molecule has 2 N–H and O–H groups in total.